The molecule has 0 spiro atoms. The molecule has 1 aromatic carbocycles. The van der Waals surface area contributed by atoms with Crippen LogP contribution in [0.25, 0.3) is 0 Å². The van der Waals surface area contributed by atoms with Gasteiger partial charge >= 0.3 is 0 Å². The highest BCUT2D eigenvalue weighted by molar-refractivity contribution is 5.35. The SMILES string of the molecule is CCOc1ccccc1C(C)NC1CCN(C)C1. The van der Waals surface area contributed by atoms with Gasteiger partial charge in [0.25, 0.3) is 0 Å². The minimum atomic E-state index is 0.337. The number of hydrogen-bond acceptors (Lipinski definition) is 3. The van der Waals surface area contributed by atoms with Gasteiger partial charge in [-0.05, 0) is 39.9 Å². The van der Waals surface area contributed by atoms with E-state index >= 15 is 0 Å². The van der Waals surface area contributed by atoms with Gasteiger partial charge in [0.15, 0.2) is 0 Å². The van der Waals surface area contributed by atoms with E-state index in [1.165, 1.54) is 18.5 Å². The van der Waals surface area contributed by atoms with Crippen LogP contribution in [0.4, 0.5) is 0 Å². The lowest BCUT2D eigenvalue weighted by Crippen LogP contribution is -2.33. The summed E-state index contributed by atoms with van der Waals surface area (Å²) in [6, 6.07) is 9.25. The number of likely N-dealkylation sites (tertiary alicyclic amines) is 1. The molecule has 2 atom stereocenters. The topological polar surface area (TPSA) is 24.5 Å². The summed E-state index contributed by atoms with van der Waals surface area (Å²) in [5, 5.41) is 3.70. The molecule has 1 N–H and O–H groups in total. The van der Waals surface area contributed by atoms with Gasteiger partial charge in [0.2, 0.25) is 0 Å². The van der Waals surface area contributed by atoms with Crippen LogP contribution in [0.5, 0.6) is 5.75 Å². The van der Waals surface area contributed by atoms with Crippen LogP contribution in [0.3, 0.4) is 0 Å². The Hall–Kier alpha value is -1.06. The number of nitrogens with one attached hydrogen (secondary N) is 1. The van der Waals surface area contributed by atoms with Gasteiger partial charge in [-0.25, -0.2) is 0 Å². The third-order valence-electron chi connectivity index (χ3n) is 3.56. The van der Waals surface area contributed by atoms with Crippen LogP contribution < -0.4 is 10.1 Å². The second-order valence-corrected chi connectivity index (χ2v) is 5.11. The van der Waals surface area contributed by atoms with Crippen LogP contribution in [0.15, 0.2) is 24.3 Å². The Morgan fingerprint density at radius 2 is 2.22 bits per heavy atom. The quantitative estimate of drug-likeness (QED) is 0.866. The number of ether oxygens (including phenoxy) is 1. The Bertz CT molecular complexity index is 381. The van der Waals surface area contributed by atoms with Gasteiger partial charge in [0, 0.05) is 24.2 Å². The zero-order valence-electron chi connectivity index (χ0n) is 11.6. The molecule has 0 bridgehead atoms. The molecule has 100 valence electrons. The van der Waals surface area contributed by atoms with Crippen molar-refractivity contribution in [2.45, 2.75) is 32.4 Å². The van der Waals surface area contributed by atoms with E-state index in [4.69, 9.17) is 4.74 Å². The van der Waals surface area contributed by atoms with Crippen LogP contribution in [-0.4, -0.2) is 37.7 Å². The van der Waals surface area contributed by atoms with Gasteiger partial charge in [-0.1, -0.05) is 18.2 Å². The summed E-state index contributed by atoms with van der Waals surface area (Å²) in [6.07, 6.45) is 1.23. The Balaban J connectivity index is 2.01. The molecule has 2 unspecified atom stereocenters. The lowest BCUT2D eigenvalue weighted by atomic mass is 10.1. The Labute approximate surface area is 110 Å². The van der Waals surface area contributed by atoms with E-state index in [9.17, 15) is 0 Å². The Kier molecular flexibility index (Phi) is 4.61. The van der Waals surface area contributed by atoms with Crippen molar-refractivity contribution >= 4 is 0 Å². The standard InChI is InChI=1S/C15H24N2O/c1-4-18-15-8-6-5-7-14(15)12(2)16-13-9-10-17(3)11-13/h5-8,12-13,16H,4,9-11H2,1-3H3. The monoisotopic (exact) mass is 248 g/mol. The minimum Gasteiger partial charge on any atom is -0.494 e. The first-order chi connectivity index (χ1) is 8.70. The maximum atomic E-state index is 5.69. The van der Waals surface area contributed by atoms with E-state index in [0.29, 0.717) is 12.1 Å². The summed E-state index contributed by atoms with van der Waals surface area (Å²) in [6.45, 7) is 7.30. The first kappa shape index (κ1) is 13.4. The van der Waals surface area contributed by atoms with Crippen molar-refractivity contribution in [1.29, 1.82) is 0 Å². The summed E-state index contributed by atoms with van der Waals surface area (Å²) in [4.78, 5) is 2.37. The van der Waals surface area contributed by atoms with E-state index in [1.54, 1.807) is 0 Å². The van der Waals surface area contributed by atoms with Crippen LogP contribution in [-0.2, 0) is 0 Å². The fourth-order valence-corrected chi connectivity index (χ4v) is 2.64. The number of nitrogens with zero attached hydrogens (tertiary/aromatic N) is 1. The first-order valence-corrected chi connectivity index (χ1v) is 6.87. The molecule has 0 saturated carbocycles. The molecule has 1 aromatic rings. The van der Waals surface area contributed by atoms with Crippen molar-refractivity contribution in [2.24, 2.45) is 0 Å². The third-order valence-corrected chi connectivity index (χ3v) is 3.56. The number of hydrogen-bond donors (Lipinski definition) is 1. The zero-order chi connectivity index (χ0) is 13.0. The smallest absolute Gasteiger partial charge is 0.124 e. The van der Waals surface area contributed by atoms with Gasteiger partial charge in [-0.3, -0.25) is 0 Å². The van der Waals surface area contributed by atoms with Crippen molar-refractivity contribution < 1.29 is 4.74 Å². The van der Waals surface area contributed by atoms with E-state index in [1.807, 2.05) is 13.0 Å². The molecule has 0 aliphatic carbocycles. The third kappa shape index (κ3) is 3.24. The van der Waals surface area contributed by atoms with Crippen molar-refractivity contribution in [3.05, 3.63) is 29.8 Å². The zero-order valence-corrected chi connectivity index (χ0v) is 11.6. The van der Waals surface area contributed by atoms with E-state index in [-0.39, 0.29) is 0 Å². The van der Waals surface area contributed by atoms with E-state index in [2.05, 4.69) is 42.4 Å². The molecular weight excluding hydrogens is 224 g/mol. The van der Waals surface area contributed by atoms with Crippen LogP contribution in [0.2, 0.25) is 0 Å². The van der Waals surface area contributed by atoms with Gasteiger partial charge < -0.3 is 15.0 Å². The molecule has 1 aliphatic rings. The molecular formula is C15H24N2O. The Morgan fingerprint density at radius 3 is 2.89 bits per heavy atom. The van der Waals surface area contributed by atoms with Crippen molar-refractivity contribution in [1.82, 2.24) is 10.2 Å². The van der Waals surface area contributed by atoms with E-state index < -0.39 is 0 Å². The van der Waals surface area contributed by atoms with Crippen molar-refractivity contribution in [2.75, 3.05) is 26.7 Å². The van der Waals surface area contributed by atoms with Crippen LogP contribution in [0, 0.1) is 0 Å². The maximum Gasteiger partial charge on any atom is 0.124 e. The van der Waals surface area contributed by atoms with Gasteiger partial charge in [0.05, 0.1) is 6.61 Å². The van der Waals surface area contributed by atoms with Gasteiger partial charge in [-0.2, -0.15) is 0 Å². The van der Waals surface area contributed by atoms with Gasteiger partial charge in [0.1, 0.15) is 5.75 Å². The summed E-state index contributed by atoms with van der Waals surface area (Å²) in [5.41, 5.74) is 1.26. The second-order valence-electron chi connectivity index (χ2n) is 5.11. The molecule has 1 heterocycles. The molecule has 3 nitrogen and oxygen atoms in total. The van der Waals surface area contributed by atoms with Gasteiger partial charge in [-0.15, -0.1) is 0 Å². The second kappa shape index (κ2) is 6.21. The molecule has 0 aromatic heterocycles. The summed E-state index contributed by atoms with van der Waals surface area (Å²) >= 11 is 0. The molecule has 1 saturated heterocycles. The number of likely N-dealkylation sites (N-methyl/N-ethyl adjacent to an activating group) is 1. The molecule has 0 radical (unpaired) electrons. The molecule has 1 aliphatic heterocycles. The number of para-hydroxylation sites is 1. The average Bonchev–Trinajstić information content (AvgIpc) is 2.76. The van der Waals surface area contributed by atoms with E-state index in [0.717, 1.165) is 18.9 Å². The van der Waals surface area contributed by atoms with Crippen LogP contribution in [0.1, 0.15) is 31.9 Å². The predicted molar refractivity (Wildman–Crippen MR) is 75.1 cm³/mol. The molecule has 1 fully saturated rings. The molecule has 3 heteroatoms. The fourth-order valence-electron chi connectivity index (χ4n) is 2.64. The lowest BCUT2D eigenvalue weighted by molar-refractivity contribution is 0.329. The highest BCUT2D eigenvalue weighted by atomic mass is 16.5. The number of benzene rings is 1. The number of rotatable bonds is 5. The summed E-state index contributed by atoms with van der Waals surface area (Å²) in [5.74, 6) is 1.01. The molecule has 0 amide bonds. The Morgan fingerprint density at radius 1 is 1.44 bits per heavy atom. The minimum absolute atomic E-state index is 0.337. The molecule has 2 rings (SSSR count). The van der Waals surface area contributed by atoms with Crippen molar-refractivity contribution in [3.63, 3.8) is 0 Å². The fraction of sp³-hybridized carbons (Fsp3) is 0.600. The summed E-state index contributed by atoms with van der Waals surface area (Å²) < 4.78 is 5.69. The lowest BCUT2D eigenvalue weighted by Gasteiger charge is -2.22. The van der Waals surface area contributed by atoms with Crippen LogP contribution >= 0.6 is 0 Å². The average molecular weight is 248 g/mol. The normalized spacial score (nSPS) is 22.1. The predicted octanol–water partition coefficient (Wildman–Crippen LogP) is 2.44. The molecule has 18 heavy (non-hydrogen) atoms. The van der Waals surface area contributed by atoms with Crippen molar-refractivity contribution in [3.8, 4) is 5.75 Å². The first-order valence-electron chi connectivity index (χ1n) is 6.87. The largest absolute Gasteiger partial charge is 0.494 e. The highest BCUT2D eigenvalue weighted by Crippen LogP contribution is 2.25. The highest BCUT2D eigenvalue weighted by Gasteiger charge is 2.22. The summed E-state index contributed by atoms with van der Waals surface area (Å²) in [7, 11) is 2.18. The maximum absolute atomic E-state index is 5.69.